The lowest BCUT2D eigenvalue weighted by atomic mass is 10.1. The van der Waals surface area contributed by atoms with E-state index in [4.69, 9.17) is 11.2 Å². The molecule has 0 bridgehead atoms. The van der Waals surface area contributed by atoms with Crippen LogP contribution in [0.15, 0.2) is 16.6 Å². The molecule has 0 aromatic heterocycles. The molecular formula is C15H18BrNO. The van der Waals surface area contributed by atoms with E-state index >= 15 is 0 Å². The van der Waals surface area contributed by atoms with Crippen molar-refractivity contribution in [1.29, 1.82) is 0 Å². The van der Waals surface area contributed by atoms with Crippen LogP contribution in [0, 0.1) is 12.3 Å². The highest BCUT2D eigenvalue weighted by Crippen LogP contribution is 2.32. The molecule has 1 aliphatic heterocycles. The van der Waals surface area contributed by atoms with Gasteiger partial charge in [-0.1, -0.05) is 35.2 Å². The Kier molecular flexibility index (Phi) is 4.68. The lowest BCUT2D eigenvalue weighted by molar-refractivity contribution is 0.352. The monoisotopic (exact) mass is 307 g/mol. The van der Waals surface area contributed by atoms with Gasteiger partial charge in [-0.2, -0.15) is 0 Å². The topological polar surface area (TPSA) is 21.3 Å². The highest BCUT2D eigenvalue weighted by molar-refractivity contribution is 9.10. The van der Waals surface area contributed by atoms with Gasteiger partial charge in [0, 0.05) is 23.0 Å². The van der Waals surface area contributed by atoms with Crippen LogP contribution in [0.3, 0.4) is 0 Å². The Hall–Kier alpha value is -0.980. The van der Waals surface area contributed by atoms with Crippen molar-refractivity contribution in [2.75, 3.05) is 6.61 Å². The molecular weight excluding hydrogens is 290 g/mol. The molecule has 0 radical (unpaired) electrons. The molecule has 1 heterocycles. The minimum Gasteiger partial charge on any atom is -0.493 e. The molecule has 1 aromatic rings. The zero-order valence-electron chi connectivity index (χ0n) is 10.6. The highest BCUT2D eigenvalue weighted by atomic mass is 79.9. The zero-order valence-corrected chi connectivity index (χ0v) is 12.2. The number of hydrogen-bond acceptors (Lipinski definition) is 2. The Morgan fingerprint density at radius 1 is 1.56 bits per heavy atom. The van der Waals surface area contributed by atoms with Crippen LogP contribution >= 0.6 is 15.9 Å². The molecule has 1 atom stereocenters. The molecule has 0 aliphatic carbocycles. The van der Waals surface area contributed by atoms with Gasteiger partial charge in [0.1, 0.15) is 5.75 Å². The number of benzene rings is 1. The van der Waals surface area contributed by atoms with Gasteiger partial charge in [-0.25, -0.2) is 0 Å². The number of rotatable bonds is 5. The second kappa shape index (κ2) is 6.26. The summed E-state index contributed by atoms with van der Waals surface area (Å²) in [6, 6.07) is 4.39. The molecule has 2 nitrogen and oxygen atoms in total. The number of fused-ring (bicyclic) bond motifs is 1. The molecule has 0 saturated heterocycles. The van der Waals surface area contributed by atoms with Gasteiger partial charge in [0.05, 0.1) is 12.6 Å². The van der Waals surface area contributed by atoms with E-state index in [2.05, 4.69) is 46.2 Å². The molecule has 0 fully saturated rings. The van der Waals surface area contributed by atoms with E-state index in [-0.39, 0.29) is 6.04 Å². The number of nitrogens with one attached hydrogen (secondary N) is 1. The Labute approximate surface area is 117 Å². The first kappa shape index (κ1) is 13.5. The Morgan fingerprint density at radius 2 is 2.39 bits per heavy atom. The van der Waals surface area contributed by atoms with Gasteiger partial charge in [0.2, 0.25) is 0 Å². The average molecular weight is 308 g/mol. The summed E-state index contributed by atoms with van der Waals surface area (Å²) in [5, 5.41) is 3.41. The maximum Gasteiger partial charge on any atom is 0.127 e. The molecule has 96 valence electrons. The molecule has 0 saturated carbocycles. The highest BCUT2D eigenvalue weighted by Gasteiger charge is 2.17. The third-order valence-corrected chi connectivity index (χ3v) is 3.60. The van der Waals surface area contributed by atoms with Gasteiger partial charge in [0.15, 0.2) is 0 Å². The van der Waals surface area contributed by atoms with Crippen molar-refractivity contribution in [3.8, 4) is 18.1 Å². The SMILES string of the molecule is C#CC(CCC)NCc1cc(Br)cc2c1OCC2. The van der Waals surface area contributed by atoms with Gasteiger partial charge in [-0.05, 0) is 24.1 Å². The van der Waals surface area contributed by atoms with Crippen LogP contribution in [0.2, 0.25) is 0 Å². The van der Waals surface area contributed by atoms with Crippen LogP contribution in [0.5, 0.6) is 5.75 Å². The molecule has 1 aromatic carbocycles. The third-order valence-electron chi connectivity index (χ3n) is 3.14. The van der Waals surface area contributed by atoms with Crippen LogP contribution in [-0.2, 0) is 13.0 Å². The van der Waals surface area contributed by atoms with Crippen LogP contribution in [0.1, 0.15) is 30.9 Å². The van der Waals surface area contributed by atoms with Crippen LogP contribution in [-0.4, -0.2) is 12.6 Å². The molecule has 18 heavy (non-hydrogen) atoms. The first-order chi connectivity index (χ1) is 8.74. The fraction of sp³-hybridized carbons (Fsp3) is 0.467. The fourth-order valence-electron chi connectivity index (χ4n) is 2.24. The summed E-state index contributed by atoms with van der Waals surface area (Å²) >= 11 is 3.55. The molecule has 3 heteroatoms. The van der Waals surface area contributed by atoms with Crippen molar-refractivity contribution in [3.63, 3.8) is 0 Å². The van der Waals surface area contributed by atoms with E-state index in [9.17, 15) is 0 Å². The second-order valence-corrected chi connectivity index (χ2v) is 5.46. The van der Waals surface area contributed by atoms with Crippen molar-refractivity contribution < 1.29 is 4.74 Å². The Morgan fingerprint density at radius 3 is 3.11 bits per heavy atom. The average Bonchev–Trinajstić information content (AvgIpc) is 2.82. The molecule has 2 rings (SSSR count). The zero-order chi connectivity index (χ0) is 13.0. The van der Waals surface area contributed by atoms with Crippen molar-refractivity contribution in [3.05, 3.63) is 27.7 Å². The van der Waals surface area contributed by atoms with Crippen molar-refractivity contribution >= 4 is 15.9 Å². The van der Waals surface area contributed by atoms with E-state index in [0.717, 1.165) is 42.6 Å². The number of ether oxygens (including phenoxy) is 1. The number of terminal acetylenes is 1. The third kappa shape index (κ3) is 3.07. The second-order valence-electron chi connectivity index (χ2n) is 4.54. The maximum absolute atomic E-state index is 5.70. The summed E-state index contributed by atoms with van der Waals surface area (Å²) in [5.41, 5.74) is 2.47. The minimum absolute atomic E-state index is 0.144. The molecule has 1 unspecified atom stereocenters. The van der Waals surface area contributed by atoms with Crippen LogP contribution in [0.4, 0.5) is 0 Å². The molecule has 1 N–H and O–H groups in total. The summed E-state index contributed by atoms with van der Waals surface area (Å²) < 4.78 is 6.81. The largest absolute Gasteiger partial charge is 0.493 e. The van der Waals surface area contributed by atoms with Gasteiger partial charge >= 0.3 is 0 Å². The smallest absolute Gasteiger partial charge is 0.127 e. The quantitative estimate of drug-likeness (QED) is 0.843. The summed E-state index contributed by atoms with van der Waals surface area (Å²) in [4.78, 5) is 0. The fourth-order valence-corrected chi connectivity index (χ4v) is 2.80. The first-order valence-corrected chi connectivity index (χ1v) is 7.17. The van der Waals surface area contributed by atoms with E-state index in [1.165, 1.54) is 11.1 Å². The van der Waals surface area contributed by atoms with Gasteiger partial charge in [-0.3, -0.25) is 5.32 Å². The van der Waals surface area contributed by atoms with E-state index in [1.54, 1.807) is 0 Å². The van der Waals surface area contributed by atoms with Crippen molar-refractivity contribution in [1.82, 2.24) is 5.32 Å². The lowest BCUT2D eigenvalue weighted by Gasteiger charge is -2.14. The lowest BCUT2D eigenvalue weighted by Crippen LogP contribution is -2.26. The first-order valence-electron chi connectivity index (χ1n) is 6.38. The van der Waals surface area contributed by atoms with E-state index in [1.807, 2.05) is 0 Å². The molecule has 1 aliphatic rings. The van der Waals surface area contributed by atoms with Crippen LogP contribution in [0.25, 0.3) is 0 Å². The standard InChI is InChI=1S/C15H18BrNO/c1-3-5-14(4-2)17-10-12-9-13(16)8-11-6-7-18-15(11)12/h2,8-9,14,17H,3,5-7,10H2,1H3. The van der Waals surface area contributed by atoms with Crippen molar-refractivity contribution in [2.45, 2.75) is 38.8 Å². The van der Waals surface area contributed by atoms with Gasteiger partial charge in [-0.15, -0.1) is 6.42 Å². The normalized spacial score (nSPS) is 14.7. The van der Waals surface area contributed by atoms with Gasteiger partial charge < -0.3 is 4.74 Å². The summed E-state index contributed by atoms with van der Waals surface area (Å²) in [5.74, 6) is 3.83. The Balaban J connectivity index is 2.08. The Bertz CT molecular complexity index is 464. The van der Waals surface area contributed by atoms with Crippen molar-refractivity contribution in [2.24, 2.45) is 0 Å². The minimum atomic E-state index is 0.144. The maximum atomic E-state index is 5.70. The van der Waals surface area contributed by atoms with Gasteiger partial charge in [0.25, 0.3) is 0 Å². The number of halogens is 1. The van der Waals surface area contributed by atoms with E-state index in [0.29, 0.717) is 0 Å². The summed E-state index contributed by atoms with van der Waals surface area (Å²) in [6.07, 6.45) is 8.61. The number of hydrogen-bond donors (Lipinski definition) is 1. The predicted molar refractivity (Wildman–Crippen MR) is 77.7 cm³/mol. The van der Waals surface area contributed by atoms with E-state index < -0.39 is 0 Å². The molecule has 0 spiro atoms. The summed E-state index contributed by atoms with van der Waals surface area (Å²) in [6.45, 7) is 3.69. The van der Waals surface area contributed by atoms with Crippen LogP contribution < -0.4 is 10.1 Å². The predicted octanol–water partition coefficient (Wildman–Crippen LogP) is 3.28. The summed E-state index contributed by atoms with van der Waals surface area (Å²) in [7, 11) is 0. The molecule has 0 amide bonds.